The van der Waals surface area contributed by atoms with Gasteiger partial charge in [0, 0.05) is 19.1 Å². The average Bonchev–Trinajstić information content (AvgIpc) is 2.36. The molecular weight excluding hydrogens is 371 g/mol. The minimum absolute atomic E-state index is 0.0730. The Morgan fingerprint density at radius 3 is 2.05 bits per heavy atom. The molecule has 0 amide bonds. The van der Waals surface area contributed by atoms with E-state index in [0.29, 0.717) is 12.8 Å². The molecule has 124 valence electrons. The highest BCUT2D eigenvalue weighted by molar-refractivity contribution is 7.89. The van der Waals surface area contributed by atoms with Crippen molar-refractivity contribution in [3.63, 3.8) is 0 Å². The van der Waals surface area contributed by atoms with Gasteiger partial charge in [0.1, 0.15) is 4.90 Å². The quantitative estimate of drug-likeness (QED) is 0.853. The summed E-state index contributed by atoms with van der Waals surface area (Å²) in [6, 6.07) is 4.26. The highest BCUT2D eigenvalue weighted by Gasteiger charge is 2.33. The van der Waals surface area contributed by atoms with Gasteiger partial charge in [-0.05, 0) is 25.0 Å². The zero-order valence-corrected chi connectivity index (χ0v) is 14.9. The van der Waals surface area contributed by atoms with E-state index in [9.17, 15) is 16.8 Å². The minimum atomic E-state index is -3.80. The van der Waals surface area contributed by atoms with E-state index in [1.165, 1.54) is 16.4 Å². The maximum atomic E-state index is 12.6. The summed E-state index contributed by atoms with van der Waals surface area (Å²) in [5.41, 5.74) is 0. The molecule has 0 bridgehead atoms. The predicted molar refractivity (Wildman–Crippen MR) is 86.2 cm³/mol. The molecule has 1 saturated heterocycles. The molecule has 2 rings (SSSR count). The van der Waals surface area contributed by atoms with E-state index in [0.717, 1.165) is 6.26 Å². The molecule has 1 fully saturated rings. The van der Waals surface area contributed by atoms with Crippen LogP contribution in [0.15, 0.2) is 23.1 Å². The number of nitrogens with one attached hydrogen (secondary N) is 1. The summed E-state index contributed by atoms with van der Waals surface area (Å²) < 4.78 is 51.5. The Morgan fingerprint density at radius 2 is 1.59 bits per heavy atom. The first-order valence-electron chi connectivity index (χ1n) is 6.53. The third-order valence-corrected chi connectivity index (χ3v) is 6.97. The molecule has 1 heterocycles. The Kier molecular flexibility index (Phi) is 5.41. The minimum Gasteiger partial charge on any atom is -0.213 e. The largest absolute Gasteiger partial charge is 0.246 e. The normalized spacial score (nSPS) is 18.5. The van der Waals surface area contributed by atoms with Crippen LogP contribution in [0.5, 0.6) is 0 Å². The van der Waals surface area contributed by atoms with Crippen molar-refractivity contribution < 1.29 is 16.8 Å². The maximum absolute atomic E-state index is 12.6. The number of halogens is 2. The predicted octanol–water partition coefficient (Wildman–Crippen LogP) is 1.70. The third kappa shape index (κ3) is 4.12. The number of nitrogens with zero attached hydrogens (tertiary/aromatic N) is 1. The molecule has 22 heavy (non-hydrogen) atoms. The van der Waals surface area contributed by atoms with Crippen LogP contribution < -0.4 is 4.72 Å². The van der Waals surface area contributed by atoms with Crippen LogP contribution in [0, 0.1) is 0 Å². The van der Waals surface area contributed by atoms with Gasteiger partial charge in [-0.15, -0.1) is 0 Å². The van der Waals surface area contributed by atoms with Crippen LogP contribution in [0.3, 0.4) is 0 Å². The summed E-state index contributed by atoms with van der Waals surface area (Å²) >= 11 is 11.9. The number of benzene rings is 1. The lowest BCUT2D eigenvalue weighted by molar-refractivity contribution is 0.309. The van der Waals surface area contributed by atoms with Gasteiger partial charge in [0.2, 0.25) is 20.0 Å². The van der Waals surface area contributed by atoms with Crippen molar-refractivity contribution >= 4 is 43.2 Å². The highest BCUT2D eigenvalue weighted by atomic mass is 35.5. The first kappa shape index (κ1) is 18.0. The van der Waals surface area contributed by atoms with Crippen LogP contribution in [0.1, 0.15) is 12.8 Å². The molecule has 0 aromatic heterocycles. The fourth-order valence-corrected chi connectivity index (χ4v) is 5.78. The lowest BCUT2D eigenvalue weighted by Crippen LogP contribution is -2.46. The molecule has 1 N–H and O–H groups in total. The Morgan fingerprint density at radius 1 is 1.09 bits per heavy atom. The number of hydrogen-bond acceptors (Lipinski definition) is 4. The molecule has 0 aliphatic carbocycles. The molecule has 1 aliphatic heterocycles. The first-order chi connectivity index (χ1) is 10.1. The number of sulfonamides is 2. The lowest BCUT2D eigenvalue weighted by Gasteiger charge is -2.31. The fraction of sp³-hybridized carbons (Fsp3) is 0.500. The van der Waals surface area contributed by atoms with E-state index < -0.39 is 20.0 Å². The molecule has 6 nitrogen and oxygen atoms in total. The molecular formula is C12H16Cl2N2O4S2. The van der Waals surface area contributed by atoms with Crippen molar-refractivity contribution in [2.45, 2.75) is 23.8 Å². The Bertz CT molecular complexity index is 737. The van der Waals surface area contributed by atoms with Crippen molar-refractivity contribution in [1.29, 1.82) is 0 Å². The van der Waals surface area contributed by atoms with Crippen molar-refractivity contribution in [3.8, 4) is 0 Å². The zero-order valence-electron chi connectivity index (χ0n) is 11.8. The summed E-state index contributed by atoms with van der Waals surface area (Å²) in [5.74, 6) is 0. The number of hydrogen-bond donors (Lipinski definition) is 1. The second-order valence-corrected chi connectivity index (χ2v) is 9.59. The molecule has 0 atom stereocenters. The monoisotopic (exact) mass is 386 g/mol. The topological polar surface area (TPSA) is 83.6 Å². The van der Waals surface area contributed by atoms with E-state index in [1.807, 2.05) is 0 Å². The van der Waals surface area contributed by atoms with E-state index in [2.05, 4.69) is 4.72 Å². The van der Waals surface area contributed by atoms with E-state index in [-0.39, 0.29) is 34.1 Å². The van der Waals surface area contributed by atoms with Crippen molar-refractivity contribution in [1.82, 2.24) is 9.03 Å². The van der Waals surface area contributed by atoms with E-state index in [1.54, 1.807) is 6.07 Å². The smallest absolute Gasteiger partial charge is 0.213 e. The second-order valence-electron chi connectivity index (χ2n) is 5.12. The Balaban J connectivity index is 2.17. The molecule has 1 aromatic carbocycles. The van der Waals surface area contributed by atoms with Gasteiger partial charge in [-0.25, -0.2) is 21.6 Å². The van der Waals surface area contributed by atoms with Gasteiger partial charge in [-0.1, -0.05) is 29.3 Å². The second kappa shape index (κ2) is 6.62. The summed E-state index contributed by atoms with van der Waals surface area (Å²) in [5, 5.41) is 0.146. The van der Waals surface area contributed by atoms with Crippen molar-refractivity contribution in [2.24, 2.45) is 0 Å². The van der Waals surface area contributed by atoms with Gasteiger partial charge in [0.15, 0.2) is 0 Å². The summed E-state index contributed by atoms with van der Waals surface area (Å²) in [6.07, 6.45) is 1.88. The lowest BCUT2D eigenvalue weighted by atomic mass is 10.1. The van der Waals surface area contributed by atoms with Crippen molar-refractivity contribution in [2.75, 3.05) is 19.3 Å². The molecule has 0 saturated carbocycles. The molecule has 0 radical (unpaired) electrons. The van der Waals surface area contributed by atoms with E-state index >= 15 is 0 Å². The van der Waals surface area contributed by atoms with Gasteiger partial charge in [0.25, 0.3) is 0 Å². The van der Waals surface area contributed by atoms with Crippen LogP contribution >= 0.6 is 23.2 Å². The highest BCUT2D eigenvalue weighted by Crippen LogP contribution is 2.32. The van der Waals surface area contributed by atoms with Crippen LogP contribution in [0.25, 0.3) is 0 Å². The van der Waals surface area contributed by atoms with Gasteiger partial charge >= 0.3 is 0 Å². The number of rotatable bonds is 4. The molecule has 1 aromatic rings. The van der Waals surface area contributed by atoms with Gasteiger partial charge < -0.3 is 0 Å². The SMILES string of the molecule is CS(=O)(=O)NC1CCN(S(=O)(=O)c2c(Cl)cccc2Cl)CC1. The first-order valence-corrected chi connectivity index (χ1v) is 10.6. The Labute approximate surface area is 140 Å². The summed E-state index contributed by atoms with van der Waals surface area (Å²) in [4.78, 5) is -0.104. The van der Waals surface area contributed by atoms with Gasteiger partial charge in [-0.3, -0.25) is 0 Å². The van der Waals surface area contributed by atoms with Gasteiger partial charge in [0.05, 0.1) is 16.3 Å². The van der Waals surface area contributed by atoms with Crippen molar-refractivity contribution in [3.05, 3.63) is 28.2 Å². The fourth-order valence-electron chi connectivity index (χ4n) is 2.37. The standard InChI is InChI=1S/C12H16Cl2N2O4S2/c1-21(17,18)15-9-5-7-16(8-6-9)22(19,20)12-10(13)3-2-4-11(12)14/h2-4,9,15H,5-8H2,1H3. The van der Waals surface area contributed by atoms with Crippen LogP contribution in [0.2, 0.25) is 10.0 Å². The molecule has 1 aliphatic rings. The molecule has 0 spiro atoms. The number of piperidine rings is 1. The summed E-state index contributed by atoms with van der Waals surface area (Å²) in [7, 11) is -7.10. The summed E-state index contributed by atoms with van der Waals surface area (Å²) in [6.45, 7) is 0.411. The maximum Gasteiger partial charge on any atom is 0.246 e. The van der Waals surface area contributed by atoms with Gasteiger partial charge in [-0.2, -0.15) is 4.31 Å². The van der Waals surface area contributed by atoms with Crippen LogP contribution in [-0.4, -0.2) is 46.5 Å². The Hall–Kier alpha value is -0.380. The molecule has 10 heteroatoms. The molecule has 0 unspecified atom stereocenters. The zero-order chi connectivity index (χ0) is 16.5. The van der Waals surface area contributed by atoms with E-state index in [4.69, 9.17) is 23.2 Å². The van der Waals surface area contributed by atoms with Crippen LogP contribution in [0.4, 0.5) is 0 Å². The van der Waals surface area contributed by atoms with Crippen LogP contribution in [-0.2, 0) is 20.0 Å². The average molecular weight is 387 g/mol. The third-order valence-electron chi connectivity index (χ3n) is 3.35.